The molecule has 4 heteroatoms. The Morgan fingerprint density at radius 1 is 1.90 bits per heavy atom. The molecule has 0 N–H and O–H groups in total. The summed E-state index contributed by atoms with van der Waals surface area (Å²) >= 11 is 9.12. The first kappa shape index (κ1) is 8.08. The predicted molar refractivity (Wildman–Crippen MR) is 47.5 cm³/mol. The molecule has 0 saturated carbocycles. The van der Waals surface area contributed by atoms with E-state index >= 15 is 0 Å². The summed E-state index contributed by atoms with van der Waals surface area (Å²) in [5, 5.41) is 0. The van der Waals surface area contributed by atoms with Gasteiger partial charge in [0.1, 0.15) is 0 Å². The van der Waals surface area contributed by atoms with Gasteiger partial charge in [0.2, 0.25) is 0 Å². The monoisotopic (exact) mass is 222 g/mol. The lowest BCUT2D eigenvalue weighted by Crippen LogP contribution is -2.26. The lowest BCUT2D eigenvalue weighted by molar-refractivity contribution is 0.371. The van der Waals surface area contributed by atoms with E-state index in [9.17, 15) is 0 Å². The van der Waals surface area contributed by atoms with Crippen molar-refractivity contribution in [1.29, 1.82) is 0 Å². The van der Waals surface area contributed by atoms with Gasteiger partial charge in [-0.25, -0.2) is 0 Å². The molecule has 1 unspecified atom stereocenters. The number of allylic oxidation sites excluding steroid dienone is 1. The third-order valence-electron chi connectivity index (χ3n) is 1.25. The third-order valence-corrected chi connectivity index (χ3v) is 2.02. The second-order valence-corrected chi connectivity index (χ2v) is 3.24. The van der Waals surface area contributed by atoms with Crippen molar-refractivity contribution < 1.29 is 0 Å². The summed E-state index contributed by atoms with van der Waals surface area (Å²) < 4.78 is 0.964. The Kier molecular flexibility index (Phi) is 2.74. The van der Waals surface area contributed by atoms with Crippen LogP contribution in [0.3, 0.4) is 0 Å². The van der Waals surface area contributed by atoms with Crippen molar-refractivity contribution in [1.82, 2.24) is 4.90 Å². The first-order valence-electron chi connectivity index (χ1n) is 3.04. The normalized spacial score (nSPS) is 24.9. The molecule has 10 heavy (non-hydrogen) atoms. The fourth-order valence-corrected chi connectivity index (χ4v) is 1.35. The van der Waals surface area contributed by atoms with Gasteiger partial charge in [0.25, 0.3) is 0 Å². The van der Waals surface area contributed by atoms with Crippen molar-refractivity contribution in [3.63, 3.8) is 0 Å². The fraction of sp³-hybridized carbons (Fsp3) is 0.500. The molecule has 2 nitrogen and oxygen atoms in total. The molecular formula is C6H8BrClN2. The van der Waals surface area contributed by atoms with Crippen molar-refractivity contribution >= 4 is 33.7 Å². The summed E-state index contributed by atoms with van der Waals surface area (Å²) in [6, 6.07) is 0. The average molecular weight is 224 g/mol. The average Bonchev–Trinajstić information content (AvgIpc) is 1.94. The van der Waals surface area contributed by atoms with Gasteiger partial charge in [0.15, 0.2) is 5.62 Å². The molecule has 1 aliphatic rings. The molecule has 0 bridgehead atoms. The number of hydrogen-bond donors (Lipinski definition) is 0. The van der Waals surface area contributed by atoms with E-state index < -0.39 is 0 Å². The molecule has 0 aromatic rings. The molecule has 1 heterocycles. The zero-order chi connectivity index (χ0) is 7.56. The van der Waals surface area contributed by atoms with E-state index in [1.54, 1.807) is 6.21 Å². The van der Waals surface area contributed by atoms with Crippen LogP contribution in [0.5, 0.6) is 0 Å². The smallest absolute Gasteiger partial charge is 0.197 e. The lowest BCUT2D eigenvalue weighted by atomic mass is 10.5. The number of halogens is 2. The first-order valence-corrected chi connectivity index (χ1v) is 4.27. The topological polar surface area (TPSA) is 15.6 Å². The Balaban J connectivity index is 2.67. The van der Waals surface area contributed by atoms with E-state index in [0.717, 1.165) is 11.0 Å². The molecule has 1 rings (SSSR count). The summed E-state index contributed by atoms with van der Waals surface area (Å²) in [6.07, 6.45) is 3.65. The second kappa shape index (κ2) is 3.39. The molecule has 1 atom stereocenters. The van der Waals surface area contributed by atoms with Gasteiger partial charge in [0, 0.05) is 19.0 Å². The summed E-state index contributed by atoms with van der Waals surface area (Å²) in [7, 11) is 0. The minimum Gasteiger partial charge on any atom is -0.343 e. The molecule has 0 radical (unpaired) electrons. The zero-order valence-corrected chi connectivity index (χ0v) is 7.93. The van der Waals surface area contributed by atoms with Crippen molar-refractivity contribution in [3.05, 3.63) is 10.7 Å². The molecule has 0 aliphatic carbocycles. The first-order chi connectivity index (χ1) is 4.74. The maximum absolute atomic E-state index is 5.81. The molecule has 0 amide bonds. The minimum absolute atomic E-state index is 0.230. The highest BCUT2D eigenvalue weighted by molar-refractivity contribution is 9.12. The fourth-order valence-electron chi connectivity index (χ4n) is 0.714. The van der Waals surface area contributed by atoms with Crippen LogP contribution in [-0.2, 0) is 0 Å². The SMILES string of the molecule is CCN1C=C(Br)C=NC1Cl. The van der Waals surface area contributed by atoms with E-state index in [4.69, 9.17) is 11.6 Å². The van der Waals surface area contributed by atoms with Crippen LogP contribution in [0.2, 0.25) is 0 Å². The number of aliphatic imine (C=N–C) groups is 1. The highest BCUT2D eigenvalue weighted by Gasteiger charge is 2.11. The van der Waals surface area contributed by atoms with E-state index in [1.165, 1.54) is 0 Å². The Morgan fingerprint density at radius 2 is 2.60 bits per heavy atom. The summed E-state index contributed by atoms with van der Waals surface area (Å²) in [5.41, 5.74) is -0.230. The van der Waals surface area contributed by atoms with Crippen LogP contribution in [0.15, 0.2) is 15.7 Å². The minimum atomic E-state index is -0.230. The van der Waals surface area contributed by atoms with E-state index in [0.29, 0.717) is 0 Å². The van der Waals surface area contributed by atoms with Crippen molar-refractivity contribution in [2.24, 2.45) is 4.99 Å². The molecule has 0 fully saturated rings. The molecule has 0 spiro atoms. The molecule has 1 aliphatic heterocycles. The van der Waals surface area contributed by atoms with Gasteiger partial charge in [-0.05, 0) is 22.9 Å². The Labute approximate surface area is 73.7 Å². The summed E-state index contributed by atoms with van der Waals surface area (Å²) in [6.45, 7) is 2.91. The van der Waals surface area contributed by atoms with Crippen molar-refractivity contribution in [3.8, 4) is 0 Å². The largest absolute Gasteiger partial charge is 0.343 e. The standard InChI is InChI=1S/C6H8BrClN2/c1-2-10-4-5(7)3-9-6(10)8/h3-4,6H,2H2,1H3. The molecule has 0 aromatic heterocycles. The van der Waals surface area contributed by atoms with Gasteiger partial charge in [-0.15, -0.1) is 0 Å². The third kappa shape index (κ3) is 1.73. The van der Waals surface area contributed by atoms with Gasteiger partial charge >= 0.3 is 0 Å². The van der Waals surface area contributed by atoms with Crippen LogP contribution >= 0.6 is 27.5 Å². The van der Waals surface area contributed by atoms with Gasteiger partial charge in [-0.2, -0.15) is 0 Å². The van der Waals surface area contributed by atoms with Crippen LogP contribution in [0.25, 0.3) is 0 Å². The molecule has 56 valence electrons. The number of hydrogen-bond acceptors (Lipinski definition) is 2. The molecular weight excluding hydrogens is 215 g/mol. The molecule has 0 aromatic carbocycles. The van der Waals surface area contributed by atoms with Crippen LogP contribution < -0.4 is 0 Å². The van der Waals surface area contributed by atoms with Gasteiger partial charge in [0.05, 0.1) is 4.48 Å². The van der Waals surface area contributed by atoms with Crippen LogP contribution in [-0.4, -0.2) is 23.3 Å². The Morgan fingerprint density at radius 3 is 3.10 bits per heavy atom. The van der Waals surface area contributed by atoms with Gasteiger partial charge in [-0.1, -0.05) is 11.6 Å². The van der Waals surface area contributed by atoms with Crippen molar-refractivity contribution in [2.45, 2.75) is 12.5 Å². The maximum Gasteiger partial charge on any atom is 0.197 e. The number of nitrogens with zero attached hydrogens (tertiary/aromatic N) is 2. The predicted octanol–water partition coefficient (Wildman–Crippen LogP) is 2.15. The maximum atomic E-state index is 5.81. The van der Waals surface area contributed by atoms with Crippen molar-refractivity contribution in [2.75, 3.05) is 6.54 Å². The summed E-state index contributed by atoms with van der Waals surface area (Å²) in [4.78, 5) is 5.95. The van der Waals surface area contributed by atoms with Crippen LogP contribution in [0.4, 0.5) is 0 Å². The van der Waals surface area contributed by atoms with Crippen LogP contribution in [0, 0.1) is 0 Å². The Bertz CT molecular complexity index is 179. The second-order valence-electron chi connectivity index (χ2n) is 1.93. The zero-order valence-electron chi connectivity index (χ0n) is 5.59. The summed E-state index contributed by atoms with van der Waals surface area (Å²) in [5.74, 6) is 0. The Hall–Kier alpha value is -0.0200. The van der Waals surface area contributed by atoms with Gasteiger partial charge < -0.3 is 4.90 Å². The van der Waals surface area contributed by atoms with E-state index in [2.05, 4.69) is 20.9 Å². The number of alkyl halides is 1. The highest BCUT2D eigenvalue weighted by atomic mass is 79.9. The quantitative estimate of drug-likeness (QED) is 0.491. The van der Waals surface area contributed by atoms with Gasteiger partial charge in [-0.3, -0.25) is 4.99 Å². The van der Waals surface area contributed by atoms with E-state index in [-0.39, 0.29) is 5.62 Å². The number of rotatable bonds is 1. The lowest BCUT2D eigenvalue weighted by Gasteiger charge is -2.23. The van der Waals surface area contributed by atoms with E-state index in [1.807, 2.05) is 18.0 Å². The highest BCUT2D eigenvalue weighted by Crippen LogP contribution is 2.16. The van der Waals surface area contributed by atoms with Crippen LogP contribution in [0.1, 0.15) is 6.92 Å². The molecule has 0 saturated heterocycles.